The summed E-state index contributed by atoms with van der Waals surface area (Å²) in [5, 5.41) is 2.98. The fraction of sp³-hybridized carbons (Fsp3) is 0.300. The van der Waals surface area contributed by atoms with Crippen LogP contribution in [0.3, 0.4) is 0 Å². The number of hydrogen-bond acceptors (Lipinski definition) is 6. The fourth-order valence-electron chi connectivity index (χ4n) is 5.25. The molecule has 2 aliphatic heterocycles. The Kier molecular flexibility index (Phi) is 7.79. The summed E-state index contributed by atoms with van der Waals surface area (Å²) < 4.78 is 40.1. The highest BCUT2D eigenvalue weighted by Crippen LogP contribution is 2.40. The predicted molar refractivity (Wildman–Crippen MR) is 154 cm³/mol. The minimum atomic E-state index is -3.97. The molecule has 8 nitrogen and oxygen atoms in total. The number of carbonyl (C=O) groups is 1. The van der Waals surface area contributed by atoms with Crippen molar-refractivity contribution in [2.45, 2.75) is 30.6 Å². The highest BCUT2D eigenvalue weighted by Gasteiger charge is 2.34. The van der Waals surface area contributed by atoms with Crippen LogP contribution in [0, 0.1) is 0 Å². The first-order valence-electron chi connectivity index (χ1n) is 13.1. The van der Waals surface area contributed by atoms with E-state index in [1.54, 1.807) is 18.2 Å². The van der Waals surface area contributed by atoms with Gasteiger partial charge in [0, 0.05) is 25.7 Å². The van der Waals surface area contributed by atoms with Gasteiger partial charge in [-0.3, -0.25) is 9.10 Å². The second-order valence-corrected chi connectivity index (χ2v) is 11.4. The molecule has 0 unspecified atom stereocenters. The lowest BCUT2D eigenvalue weighted by Gasteiger charge is -2.30. The van der Waals surface area contributed by atoms with E-state index in [0.29, 0.717) is 24.2 Å². The number of carbonyl (C=O) groups excluding carboxylic acids is 1. The number of methoxy groups -OCH3 is 2. The number of benzene rings is 3. The van der Waals surface area contributed by atoms with Gasteiger partial charge in [0.2, 0.25) is 5.91 Å². The van der Waals surface area contributed by atoms with Gasteiger partial charge < -0.3 is 19.7 Å². The molecule has 3 aromatic carbocycles. The standard InChI is InChI=1S/C30H33N3O5S/c1-37-27-20-22(14-15-29(34)31-24-11-5-7-13-26(24)32-17-8-3-9-18-32)21-28(30(27)38-2)39(35,36)33-19-16-23-10-4-6-12-25(23)33/h4-7,10-15,20-21H,3,8-9,16-19H2,1-2H3,(H,31,34). The molecule has 1 amide bonds. The van der Waals surface area contributed by atoms with Gasteiger partial charge in [0.15, 0.2) is 11.5 Å². The zero-order chi connectivity index (χ0) is 27.4. The molecule has 0 atom stereocenters. The molecule has 0 saturated carbocycles. The van der Waals surface area contributed by atoms with Crippen molar-refractivity contribution in [1.29, 1.82) is 0 Å². The number of amides is 1. The van der Waals surface area contributed by atoms with Crippen LogP contribution in [0.4, 0.5) is 17.1 Å². The first kappa shape index (κ1) is 26.6. The van der Waals surface area contributed by atoms with Crippen LogP contribution in [-0.2, 0) is 21.2 Å². The fourth-order valence-corrected chi connectivity index (χ4v) is 6.96. The number of hydrogen-bond donors (Lipinski definition) is 1. The molecule has 2 aliphatic rings. The Bertz CT molecular complexity index is 1500. The number of nitrogens with zero attached hydrogens (tertiary/aromatic N) is 2. The first-order chi connectivity index (χ1) is 18.9. The third-order valence-corrected chi connectivity index (χ3v) is 8.98. The average molecular weight is 548 g/mol. The summed E-state index contributed by atoms with van der Waals surface area (Å²) in [6.07, 6.45) is 7.10. The van der Waals surface area contributed by atoms with E-state index in [4.69, 9.17) is 9.47 Å². The van der Waals surface area contributed by atoms with Crippen LogP contribution in [0.1, 0.15) is 30.4 Å². The minimum absolute atomic E-state index is 0.0171. The van der Waals surface area contributed by atoms with Crippen LogP contribution in [0.5, 0.6) is 11.5 Å². The van der Waals surface area contributed by atoms with Gasteiger partial charge in [0.1, 0.15) is 4.90 Å². The van der Waals surface area contributed by atoms with E-state index in [0.717, 1.165) is 42.9 Å². The lowest BCUT2D eigenvalue weighted by Crippen LogP contribution is -2.30. The van der Waals surface area contributed by atoms with Crippen LogP contribution in [0.25, 0.3) is 6.08 Å². The van der Waals surface area contributed by atoms with Crippen molar-refractivity contribution in [3.05, 3.63) is 77.9 Å². The predicted octanol–water partition coefficient (Wildman–Crippen LogP) is 5.10. The maximum atomic E-state index is 13.8. The third-order valence-electron chi connectivity index (χ3n) is 7.17. The highest BCUT2D eigenvalue weighted by atomic mass is 32.2. The summed E-state index contributed by atoms with van der Waals surface area (Å²) in [7, 11) is -1.10. The van der Waals surface area contributed by atoms with E-state index in [1.165, 1.54) is 37.1 Å². The molecule has 1 N–H and O–H groups in total. The number of fused-ring (bicyclic) bond motifs is 1. The second-order valence-electron chi connectivity index (χ2n) is 9.60. The van der Waals surface area contributed by atoms with Gasteiger partial charge in [0.05, 0.1) is 31.3 Å². The van der Waals surface area contributed by atoms with Crippen LogP contribution in [0.15, 0.2) is 71.6 Å². The Morgan fingerprint density at radius 1 is 0.897 bits per heavy atom. The van der Waals surface area contributed by atoms with Crippen molar-refractivity contribution >= 4 is 39.1 Å². The minimum Gasteiger partial charge on any atom is -0.493 e. The first-order valence-corrected chi connectivity index (χ1v) is 14.6. The van der Waals surface area contributed by atoms with Crippen molar-refractivity contribution in [1.82, 2.24) is 0 Å². The van der Waals surface area contributed by atoms with Gasteiger partial charge in [-0.1, -0.05) is 30.3 Å². The molecule has 204 valence electrons. The van der Waals surface area contributed by atoms with Crippen molar-refractivity contribution in [3.63, 3.8) is 0 Å². The molecule has 39 heavy (non-hydrogen) atoms. The maximum absolute atomic E-state index is 13.8. The lowest BCUT2D eigenvalue weighted by atomic mass is 10.1. The summed E-state index contributed by atoms with van der Waals surface area (Å²) in [6.45, 7) is 2.27. The Morgan fingerprint density at radius 3 is 2.36 bits per heavy atom. The van der Waals surface area contributed by atoms with E-state index in [2.05, 4.69) is 10.2 Å². The number of nitrogens with one attached hydrogen (secondary N) is 1. The monoisotopic (exact) mass is 547 g/mol. The Morgan fingerprint density at radius 2 is 1.62 bits per heavy atom. The number of sulfonamides is 1. The largest absolute Gasteiger partial charge is 0.493 e. The summed E-state index contributed by atoms with van der Waals surface area (Å²) in [5.41, 5.74) is 3.88. The zero-order valence-corrected chi connectivity index (χ0v) is 23.0. The topological polar surface area (TPSA) is 88.2 Å². The van der Waals surface area contributed by atoms with Crippen LogP contribution >= 0.6 is 0 Å². The quantitative estimate of drug-likeness (QED) is 0.395. The average Bonchev–Trinajstić information content (AvgIpc) is 3.41. The van der Waals surface area contributed by atoms with Gasteiger partial charge in [-0.05, 0) is 73.2 Å². The summed E-state index contributed by atoms with van der Waals surface area (Å²) in [6, 6.07) is 18.4. The van der Waals surface area contributed by atoms with Crippen molar-refractivity contribution in [2.75, 3.05) is 48.4 Å². The number of anilines is 3. The van der Waals surface area contributed by atoms with Crippen molar-refractivity contribution < 1.29 is 22.7 Å². The Labute approximate surface area is 229 Å². The van der Waals surface area contributed by atoms with Gasteiger partial charge in [0.25, 0.3) is 10.0 Å². The Hall–Kier alpha value is -3.98. The molecule has 2 heterocycles. The number of rotatable bonds is 8. The van der Waals surface area contributed by atoms with E-state index < -0.39 is 10.0 Å². The molecule has 0 spiro atoms. The van der Waals surface area contributed by atoms with Crippen LogP contribution in [-0.4, -0.2) is 48.2 Å². The molecule has 1 fully saturated rings. The smallest absolute Gasteiger partial charge is 0.268 e. The van der Waals surface area contributed by atoms with Gasteiger partial charge in [-0.25, -0.2) is 8.42 Å². The molecule has 9 heteroatoms. The maximum Gasteiger partial charge on any atom is 0.268 e. The summed E-state index contributed by atoms with van der Waals surface area (Å²) in [4.78, 5) is 15.2. The van der Waals surface area contributed by atoms with E-state index in [1.807, 2.05) is 42.5 Å². The molecule has 1 saturated heterocycles. The van der Waals surface area contributed by atoms with Gasteiger partial charge >= 0.3 is 0 Å². The van der Waals surface area contributed by atoms with E-state index in [-0.39, 0.29) is 22.3 Å². The Balaban J connectivity index is 1.43. The molecule has 0 aliphatic carbocycles. The van der Waals surface area contributed by atoms with Crippen molar-refractivity contribution in [2.24, 2.45) is 0 Å². The second kappa shape index (κ2) is 11.4. The summed E-state index contributed by atoms with van der Waals surface area (Å²) >= 11 is 0. The number of para-hydroxylation sites is 3. The molecule has 3 aromatic rings. The number of ether oxygens (including phenoxy) is 2. The third kappa shape index (κ3) is 5.45. The molecular weight excluding hydrogens is 514 g/mol. The highest BCUT2D eigenvalue weighted by molar-refractivity contribution is 7.93. The zero-order valence-electron chi connectivity index (χ0n) is 22.2. The number of piperidine rings is 1. The van der Waals surface area contributed by atoms with Crippen LogP contribution < -0.4 is 24.0 Å². The molecular formula is C30H33N3O5S. The van der Waals surface area contributed by atoms with Crippen molar-refractivity contribution in [3.8, 4) is 11.5 Å². The van der Waals surface area contributed by atoms with Crippen LogP contribution in [0.2, 0.25) is 0 Å². The molecule has 0 radical (unpaired) electrons. The molecule has 5 rings (SSSR count). The normalized spacial score (nSPS) is 15.3. The van der Waals surface area contributed by atoms with Gasteiger partial charge in [-0.2, -0.15) is 0 Å². The van der Waals surface area contributed by atoms with Gasteiger partial charge in [-0.15, -0.1) is 0 Å². The lowest BCUT2D eigenvalue weighted by molar-refractivity contribution is -0.111. The van der Waals surface area contributed by atoms with E-state index in [9.17, 15) is 13.2 Å². The SMILES string of the molecule is COc1cc(C=CC(=O)Nc2ccccc2N2CCCCC2)cc(S(=O)(=O)N2CCc3ccccc32)c1OC. The van der Waals surface area contributed by atoms with E-state index >= 15 is 0 Å². The molecule has 0 aromatic heterocycles. The summed E-state index contributed by atoms with van der Waals surface area (Å²) in [5.74, 6) is 0.0765. The molecule has 0 bridgehead atoms.